The van der Waals surface area contributed by atoms with Crippen molar-refractivity contribution in [2.45, 2.75) is 0 Å². The van der Waals surface area contributed by atoms with Gasteiger partial charge in [-0.1, -0.05) is 0 Å². The molecule has 0 aliphatic carbocycles. The monoisotopic (exact) mass is 306 g/mol. The number of aromatic carboxylic acids is 1. The van der Waals surface area contributed by atoms with Crippen LogP contribution in [0.2, 0.25) is 0 Å². The summed E-state index contributed by atoms with van der Waals surface area (Å²) in [5.74, 6) is -1.05. The fraction of sp³-hybridized carbons (Fsp3) is 0. The standard InChI is InChI=1S/C8H4Br2O3/c9-5-1-4(3-11)2-6(10)7(5)8(12)13/h1-3H,(H,12,13). The molecule has 0 aliphatic heterocycles. The predicted molar refractivity (Wildman–Crippen MR) is 54.2 cm³/mol. The maximum atomic E-state index is 10.7. The molecule has 0 bridgehead atoms. The summed E-state index contributed by atoms with van der Waals surface area (Å²) in [4.78, 5) is 21.1. The highest BCUT2D eigenvalue weighted by atomic mass is 79.9. The molecule has 1 N–H and O–H groups in total. The minimum absolute atomic E-state index is 0.116. The van der Waals surface area contributed by atoms with Crippen LogP contribution in [0.3, 0.4) is 0 Å². The quantitative estimate of drug-likeness (QED) is 0.855. The lowest BCUT2D eigenvalue weighted by Crippen LogP contribution is -2.00. The van der Waals surface area contributed by atoms with E-state index in [2.05, 4.69) is 31.9 Å². The Kier molecular flexibility index (Phi) is 3.22. The van der Waals surface area contributed by atoms with Gasteiger partial charge in [0, 0.05) is 14.5 Å². The second-order valence-electron chi connectivity index (χ2n) is 2.28. The Bertz CT molecular complexity index is 351. The zero-order valence-electron chi connectivity index (χ0n) is 6.25. The van der Waals surface area contributed by atoms with E-state index in [-0.39, 0.29) is 5.56 Å². The maximum Gasteiger partial charge on any atom is 0.337 e. The molecule has 0 aromatic heterocycles. The van der Waals surface area contributed by atoms with E-state index in [1.807, 2.05) is 0 Å². The molecule has 13 heavy (non-hydrogen) atoms. The molecule has 1 aromatic rings. The van der Waals surface area contributed by atoms with Crippen molar-refractivity contribution in [2.24, 2.45) is 0 Å². The van der Waals surface area contributed by atoms with Crippen LogP contribution in [0.15, 0.2) is 21.1 Å². The molecule has 0 saturated heterocycles. The number of hydrogen-bond donors (Lipinski definition) is 1. The number of carboxylic acids is 1. The van der Waals surface area contributed by atoms with Gasteiger partial charge in [0.25, 0.3) is 0 Å². The van der Waals surface area contributed by atoms with E-state index >= 15 is 0 Å². The van der Waals surface area contributed by atoms with E-state index in [1.54, 1.807) is 0 Å². The van der Waals surface area contributed by atoms with Gasteiger partial charge in [0.1, 0.15) is 6.29 Å². The molecule has 0 atom stereocenters. The Hall–Kier alpha value is -0.680. The molecule has 0 aliphatic rings. The van der Waals surface area contributed by atoms with E-state index in [0.29, 0.717) is 20.8 Å². The van der Waals surface area contributed by atoms with Gasteiger partial charge in [-0.15, -0.1) is 0 Å². The van der Waals surface area contributed by atoms with Gasteiger partial charge >= 0.3 is 5.97 Å². The second-order valence-corrected chi connectivity index (χ2v) is 3.99. The summed E-state index contributed by atoms with van der Waals surface area (Å²) in [6, 6.07) is 2.92. The Morgan fingerprint density at radius 3 is 2.08 bits per heavy atom. The molecular formula is C8H4Br2O3. The number of rotatable bonds is 2. The van der Waals surface area contributed by atoms with E-state index in [0.717, 1.165) is 0 Å². The van der Waals surface area contributed by atoms with Gasteiger partial charge in [-0.05, 0) is 44.0 Å². The second kappa shape index (κ2) is 4.02. The van der Waals surface area contributed by atoms with Crippen molar-refractivity contribution in [3.05, 3.63) is 32.2 Å². The van der Waals surface area contributed by atoms with Crippen molar-refractivity contribution in [1.29, 1.82) is 0 Å². The van der Waals surface area contributed by atoms with Gasteiger partial charge in [0.05, 0.1) is 5.56 Å². The molecular weight excluding hydrogens is 304 g/mol. The minimum Gasteiger partial charge on any atom is -0.478 e. The van der Waals surface area contributed by atoms with Gasteiger partial charge in [0.2, 0.25) is 0 Å². The molecule has 5 heteroatoms. The summed E-state index contributed by atoms with van der Waals surface area (Å²) >= 11 is 6.14. The van der Waals surface area contributed by atoms with Crippen LogP contribution >= 0.6 is 31.9 Å². The molecule has 0 heterocycles. The smallest absolute Gasteiger partial charge is 0.337 e. The van der Waals surface area contributed by atoms with Crippen LogP contribution in [-0.2, 0) is 0 Å². The average Bonchev–Trinajstić information content (AvgIpc) is 2.02. The molecule has 0 saturated carbocycles. The number of hydrogen-bond acceptors (Lipinski definition) is 2. The van der Waals surface area contributed by atoms with Crippen LogP contribution in [0, 0.1) is 0 Å². The number of halogens is 2. The highest BCUT2D eigenvalue weighted by Gasteiger charge is 2.13. The van der Waals surface area contributed by atoms with Crippen molar-refractivity contribution in [3.8, 4) is 0 Å². The van der Waals surface area contributed by atoms with Gasteiger partial charge < -0.3 is 5.11 Å². The number of carbonyl (C=O) groups excluding carboxylic acids is 1. The van der Waals surface area contributed by atoms with Crippen LogP contribution in [0.4, 0.5) is 0 Å². The van der Waals surface area contributed by atoms with Crippen LogP contribution < -0.4 is 0 Å². The van der Waals surface area contributed by atoms with Crippen LogP contribution in [0.1, 0.15) is 20.7 Å². The Morgan fingerprint density at radius 1 is 1.31 bits per heavy atom. The number of benzene rings is 1. The van der Waals surface area contributed by atoms with Crippen molar-refractivity contribution in [1.82, 2.24) is 0 Å². The third kappa shape index (κ3) is 2.16. The summed E-state index contributed by atoms with van der Waals surface area (Å²) in [5.41, 5.74) is 0.536. The van der Waals surface area contributed by atoms with Crippen molar-refractivity contribution in [3.63, 3.8) is 0 Å². The van der Waals surface area contributed by atoms with E-state index in [4.69, 9.17) is 5.11 Å². The van der Waals surface area contributed by atoms with Crippen LogP contribution in [-0.4, -0.2) is 17.4 Å². The SMILES string of the molecule is O=Cc1cc(Br)c(C(=O)O)c(Br)c1. The molecule has 0 unspecified atom stereocenters. The predicted octanol–water partition coefficient (Wildman–Crippen LogP) is 2.72. The van der Waals surface area contributed by atoms with E-state index in [1.165, 1.54) is 12.1 Å². The highest BCUT2D eigenvalue weighted by molar-refractivity contribution is 9.11. The Labute approximate surface area is 91.0 Å². The zero-order chi connectivity index (χ0) is 10.0. The first-order valence-corrected chi connectivity index (χ1v) is 4.82. The molecule has 1 rings (SSSR count). The Morgan fingerprint density at radius 2 is 1.77 bits per heavy atom. The summed E-state index contributed by atoms with van der Waals surface area (Å²) in [6.07, 6.45) is 0.654. The highest BCUT2D eigenvalue weighted by Crippen LogP contribution is 2.26. The maximum absolute atomic E-state index is 10.7. The van der Waals surface area contributed by atoms with Crippen molar-refractivity contribution >= 4 is 44.1 Å². The number of carbonyl (C=O) groups is 2. The number of aldehydes is 1. The summed E-state index contributed by atoms with van der Waals surface area (Å²) in [5, 5.41) is 8.76. The summed E-state index contributed by atoms with van der Waals surface area (Å²) in [7, 11) is 0. The number of carboxylic acid groups (broad SMARTS) is 1. The van der Waals surface area contributed by atoms with Gasteiger partial charge in [-0.2, -0.15) is 0 Å². The lowest BCUT2D eigenvalue weighted by molar-refractivity contribution is 0.0694. The molecule has 3 nitrogen and oxygen atoms in total. The molecule has 1 aromatic carbocycles. The molecule has 68 valence electrons. The van der Waals surface area contributed by atoms with Crippen LogP contribution in [0.5, 0.6) is 0 Å². The fourth-order valence-electron chi connectivity index (χ4n) is 0.865. The molecule has 0 radical (unpaired) electrons. The van der Waals surface area contributed by atoms with Crippen molar-refractivity contribution < 1.29 is 14.7 Å². The topological polar surface area (TPSA) is 54.4 Å². The third-order valence-electron chi connectivity index (χ3n) is 1.41. The summed E-state index contributed by atoms with van der Waals surface area (Å²) < 4.78 is 0.771. The summed E-state index contributed by atoms with van der Waals surface area (Å²) in [6.45, 7) is 0. The minimum atomic E-state index is -1.05. The van der Waals surface area contributed by atoms with Gasteiger partial charge in [-0.25, -0.2) is 4.79 Å². The Balaban J connectivity index is 3.39. The first-order chi connectivity index (χ1) is 6.06. The first-order valence-electron chi connectivity index (χ1n) is 3.23. The van der Waals surface area contributed by atoms with Crippen molar-refractivity contribution in [2.75, 3.05) is 0 Å². The van der Waals surface area contributed by atoms with Gasteiger partial charge in [0.15, 0.2) is 0 Å². The lowest BCUT2D eigenvalue weighted by atomic mass is 10.1. The zero-order valence-corrected chi connectivity index (χ0v) is 9.42. The van der Waals surface area contributed by atoms with Crippen LogP contribution in [0.25, 0.3) is 0 Å². The molecule has 0 amide bonds. The van der Waals surface area contributed by atoms with Gasteiger partial charge in [-0.3, -0.25) is 4.79 Å². The molecule has 0 spiro atoms. The van der Waals surface area contributed by atoms with E-state index < -0.39 is 5.97 Å². The molecule has 0 fully saturated rings. The fourth-order valence-corrected chi connectivity index (χ4v) is 2.43. The normalized spacial score (nSPS) is 9.69. The van der Waals surface area contributed by atoms with E-state index in [9.17, 15) is 9.59 Å². The average molecular weight is 308 g/mol. The lowest BCUT2D eigenvalue weighted by Gasteiger charge is -2.02. The largest absolute Gasteiger partial charge is 0.478 e. The third-order valence-corrected chi connectivity index (χ3v) is 2.67. The first kappa shape index (κ1) is 10.4.